The van der Waals surface area contributed by atoms with Crippen LogP contribution in [-0.4, -0.2) is 22.1 Å². The van der Waals surface area contributed by atoms with Crippen molar-refractivity contribution < 1.29 is 4.74 Å². The average molecular weight is 257 g/mol. The molecule has 0 aliphatic carbocycles. The molecule has 0 aliphatic heterocycles. The molecule has 0 bridgehead atoms. The first-order valence-corrected chi connectivity index (χ1v) is 7.15. The van der Waals surface area contributed by atoms with Crippen LogP contribution in [0.25, 0.3) is 0 Å². The second-order valence-corrected chi connectivity index (χ2v) is 5.63. The molecule has 0 amide bonds. The van der Waals surface area contributed by atoms with Crippen LogP contribution in [0.2, 0.25) is 5.32 Å². The Kier molecular flexibility index (Phi) is 5.93. The molecule has 0 radical (unpaired) electrons. The second kappa shape index (κ2) is 7.05. The molecule has 0 saturated carbocycles. The van der Waals surface area contributed by atoms with Crippen LogP contribution in [0.1, 0.15) is 25.3 Å². The van der Waals surface area contributed by atoms with Gasteiger partial charge in [0.25, 0.3) is 0 Å². The van der Waals surface area contributed by atoms with Gasteiger partial charge in [-0.25, -0.2) is 0 Å². The maximum atomic E-state index is 5.18. The summed E-state index contributed by atoms with van der Waals surface area (Å²) >= 11 is 0.630. The fourth-order valence-corrected chi connectivity index (χ4v) is 3.64. The Morgan fingerprint density at radius 1 is 1.29 bits per heavy atom. The molecular formula is C12H18OSe. The standard InChI is InChI=1S/C12H18OSe/c1-3-4-9-14-12-8-6-5-7-11(12)10-13-2/h5-8H,3-4,9-10H2,1-2H3. The zero-order valence-corrected chi connectivity index (χ0v) is 10.7. The monoisotopic (exact) mass is 258 g/mol. The topological polar surface area (TPSA) is 9.23 Å². The molecule has 1 aromatic rings. The van der Waals surface area contributed by atoms with Gasteiger partial charge in [0, 0.05) is 0 Å². The fourth-order valence-electron chi connectivity index (χ4n) is 1.25. The third-order valence-corrected chi connectivity index (χ3v) is 4.55. The summed E-state index contributed by atoms with van der Waals surface area (Å²) in [6.45, 7) is 3.00. The van der Waals surface area contributed by atoms with E-state index in [0.29, 0.717) is 15.0 Å². The molecule has 0 saturated heterocycles. The molecule has 1 aromatic carbocycles. The van der Waals surface area contributed by atoms with Crippen molar-refractivity contribution in [3.8, 4) is 0 Å². The SMILES string of the molecule is CCCC[Se]c1ccccc1COC. The average Bonchev–Trinajstić information content (AvgIpc) is 2.21. The quantitative estimate of drug-likeness (QED) is 0.561. The molecular weight excluding hydrogens is 239 g/mol. The van der Waals surface area contributed by atoms with Crippen LogP contribution in [0.4, 0.5) is 0 Å². The third-order valence-electron chi connectivity index (χ3n) is 2.03. The van der Waals surface area contributed by atoms with Gasteiger partial charge in [-0.3, -0.25) is 0 Å². The molecule has 0 N–H and O–H groups in total. The maximum absolute atomic E-state index is 5.18. The summed E-state index contributed by atoms with van der Waals surface area (Å²) in [7, 11) is 1.76. The molecule has 0 aliphatic rings. The van der Waals surface area contributed by atoms with E-state index in [0.717, 1.165) is 6.61 Å². The van der Waals surface area contributed by atoms with Crippen molar-refractivity contribution in [2.75, 3.05) is 7.11 Å². The Bertz CT molecular complexity index is 260. The number of methoxy groups -OCH3 is 1. The molecule has 1 nitrogen and oxygen atoms in total. The molecule has 0 spiro atoms. The molecule has 1 rings (SSSR count). The van der Waals surface area contributed by atoms with Crippen LogP contribution in [0.15, 0.2) is 24.3 Å². The van der Waals surface area contributed by atoms with Crippen LogP contribution in [0.5, 0.6) is 0 Å². The van der Waals surface area contributed by atoms with Gasteiger partial charge in [-0.2, -0.15) is 0 Å². The van der Waals surface area contributed by atoms with Crippen LogP contribution in [-0.2, 0) is 11.3 Å². The number of benzene rings is 1. The van der Waals surface area contributed by atoms with Gasteiger partial charge in [0.15, 0.2) is 0 Å². The Hall–Kier alpha value is -0.301. The summed E-state index contributed by atoms with van der Waals surface area (Å²) in [6, 6.07) is 8.63. The first kappa shape index (κ1) is 11.8. The molecule has 78 valence electrons. The van der Waals surface area contributed by atoms with E-state index in [-0.39, 0.29) is 0 Å². The Morgan fingerprint density at radius 2 is 2.07 bits per heavy atom. The third kappa shape index (κ3) is 3.83. The van der Waals surface area contributed by atoms with Crippen LogP contribution in [0.3, 0.4) is 0 Å². The van der Waals surface area contributed by atoms with Crippen molar-refractivity contribution in [3.63, 3.8) is 0 Å². The number of rotatable bonds is 6. The molecule has 0 aromatic heterocycles. The van der Waals surface area contributed by atoms with Crippen LogP contribution >= 0.6 is 0 Å². The predicted octanol–water partition coefficient (Wildman–Crippen LogP) is 2.38. The van der Waals surface area contributed by atoms with Gasteiger partial charge < -0.3 is 0 Å². The van der Waals surface area contributed by atoms with Crippen molar-refractivity contribution in [2.45, 2.75) is 31.7 Å². The van der Waals surface area contributed by atoms with Gasteiger partial charge in [0.05, 0.1) is 0 Å². The van der Waals surface area contributed by atoms with Gasteiger partial charge in [0.1, 0.15) is 0 Å². The van der Waals surface area contributed by atoms with Gasteiger partial charge in [-0.15, -0.1) is 0 Å². The molecule has 14 heavy (non-hydrogen) atoms. The minimum absolute atomic E-state index is 0.630. The summed E-state index contributed by atoms with van der Waals surface area (Å²) in [6.07, 6.45) is 2.65. The summed E-state index contributed by atoms with van der Waals surface area (Å²) in [5, 5.41) is 1.35. The van der Waals surface area contributed by atoms with Gasteiger partial charge in [-0.05, 0) is 0 Å². The summed E-state index contributed by atoms with van der Waals surface area (Å²) < 4.78 is 6.69. The van der Waals surface area contributed by atoms with E-state index >= 15 is 0 Å². The van der Waals surface area contributed by atoms with Crippen LogP contribution < -0.4 is 4.46 Å². The van der Waals surface area contributed by atoms with Crippen molar-refractivity contribution in [3.05, 3.63) is 29.8 Å². The van der Waals surface area contributed by atoms with Gasteiger partial charge in [-0.1, -0.05) is 0 Å². The van der Waals surface area contributed by atoms with E-state index in [9.17, 15) is 0 Å². The zero-order chi connectivity index (χ0) is 10.2. The molecule has 0 unspecified atom stereocenters. The number of hydrogen-bond acceptors (Lipinski definition) is 1. The summed E-state index contributed by atoms with van der Waals surface area (Å²) in [5.74, 6) is 0. The minimum atomic E-state index is 0.630. The molecule has 0 heterocycles. The van der Waals surface area contributed by atoms with E-state index in [1.165, 1.54) is 28.2 Å². The summed E-state index contributed by atoms with van der Waals surface area (Å²) in [4.78, 5) is 0. The van der Waals surface area contributed by atoms with Crippen molar-refractivity contribution in [1.82, 2.24) is 0 Å². The Balaban J connectivity index is 2.55. The zero-order valence-electron chi connectivity index (χ0n) is 8.95. The molecule has 0 fully saturated rings. The predicted molar refractivity (Wildman–Crippen MR) is 62.3 cm³/mol. The van der Waals surface area contributed by atoms with Gasteiger partial charge >= 0.3 is 92.8 Å². The Morgan fingerprint density at radius 3 is 2.79 bits per heavy atom. The van der Waals surface area contributed by atoms with Crippen molar-refractivity contribution >= 4 is 19.4 Å². The van der Waals surface area contributed by atoms with E-state index in [2.05, 4.69) is 31.2 Å². The van der Waals surface area contributed by atoms with E-state index in [1.54, 1.807) is 7.11 Å². The number of hydrogen-bond donors (Lipinski definition) is 0. The Labute approximate surface area is 93.0 Å². The summed E-state index contributed by atoms with van der Waals surface area (Å²) in [5.41, 5.74) is 1.37. The molecule has 2 heteroatoms. The van der Waals surface area contributed by atoms with Crippen LogP contribution in [0, 0.1) is 0 Å². The normalized spacial score (nSPS) is 10.4. The van der Waals surface area contributed by atoms with E-state index in [4.69, 9.17) is 4.74 Å². The van der Waals surface area contributed by atoms with Gasteiger partial charge in [0.2, 0.25) is 0 Å². The van der Waals surface area contributed by atoms with E-state index in [1.807, 2.05) is 0 Å². The first-order valence-electron chi connectivity index (χ1n) is 5.08. The first-order chi connectivity index (χ1) is 6.88. The van der Waals surface area contributed by atoms with Crippen molar-refractivity contribution in [2.24, 2.45) is 0 Å². The van der Waals surface area contributed by atoms with E-state index < -0.39 is 0 Å². The van der Waals surface area contributed by atoms with Crippen molar-refractivity contribution in [1.29, 1.82) is 0 Å². The second-order valence-electron chi connectivity index (χ2n) is 3.24. The number of ether oxygens (including phenoxy) is 1. The fraction of sp³-hybridized carbons (Fsp3) is 0.500. The molecule has 0 atom stereocenters. The number of unbranched alkanes of at least 4 members (excludes halogenated alkanes) is 1.